The number of carbonyl (C=O) groups is 1. The lowest BCUT2D eigenvalue weighted by Crippen LogP contribution is -2.36. The van der Waals surface area contributed by atoms with Gasteiger partial charge in [-0.1, -0.05) is 0 Å². The maximum atomic E-state index is 12.3. The highest BCUT2D eigenvalue weighted by atomic mass is 16.5. The van der Waals surface area contributed by atoms with Crippen LogP contribution in [0.4, 0.5) is 17.1 Å². The van der Waals surface area contributed by atoms with Crippen LogP contribution in [0.5, 0.6) is 0 Å². The molecule has 156 valence electrons. The summed E-state index contributed by atoms with van der Waals surface area (Å²) in [4.78, 5) is 17.9. The van der Waals surface area contributed by atoms with Crippen molar-refractivity contribution in [3.8, 4) is 11.4 Å². The Hall–Kier alpha value is -3.46. The van der Waals surface area contributed by atoms with Crippen molar-refractivity contribution in [3.05, 3.63) is 48.5 Å². The number of morpholine rings is 1. The minimum atomic E-state index is -0.209. The molecular formula is C21H25N7O2. The largest absolute Gasteiger partial charge is 0.378 e. The van der Waals surface area contributed by atoms with Crippen molar-refractivity contribution in [1.82, 2.24) is 20.2 Å². The fourth-order valence-electron chi connectivity index (χ4n) is 3.24. The fraction of sp³-hybridized carbons (Fsp3) is 0.333. The van der Waals surface area contributed by atoms with Gasteiger partial charge in [-0.15, -0.1) is 10.2 Å². The molecule has 2 heterocycles. The lowest BCUT2D eigenvalue weighted by atomic mass is 10.2. The molecule has 30 heavy (non-hydrogen) atoms. The van der Waals surface area contributed by atoms with E-state index in [2.05, 4.69) is 25.6 Å². The Morgan fingerprint density at radius 1 is 1.07 bits per heavy atom. The standard InChI is InChI=1S/C21H25N7O2/c1-26(2)18-9-5-17(6-10-18)22-20(29)15-28-24-21(23-25-28)16-3-7-19(8-4-16)27-11-13-30-14-12-27/h3-10H,11-15H2,1-2H3,(H,22,29). The Morgan fingerprint density at radius 2 is 1.77 bits per heavy atom. The maximum Gasteiger partial charge on any atom is 0.248 e. The van der Waals surface area contributed by atoms with E-state index in [-0.39, 0.29) is 12.5 Å². The van der Waals surface area contributed by atoms with Gasteiger partial charge in [-0.05, 0) is 53.7 Å². The molecule has 0 spiro atoms. The molecule has 4 rings (SSSR count). The molecule has 1 aromatic heterocycles. The maximum absolute atomic E-state index is 12.3. The highest BCUT2D eigenvalue weighted by molar-refractivity contribution is 5.90. The van der Waals surface area contributed by atoms with Crippen molar-refractivity contribution in [2.45, 2.75) is 6.54 Å². The minimum absolute atomic E-state index is 0.00566. The third-order valence-corrected chi connectivity index (χ3v) is 4.91. The summed E-state index contributed by atoms with van der Waals surface area (Å²) >= 11 is 0. The smallest absolute Gasteiger partial charge is 0.248 e. The minimum Gasteiger partial charge on any atom is -0.378 e. The first-order chi connectivity index (χ1) is 14.6. The number of tetrazole rings is 1. The second-order valence-electron chi connectivity index (χ2n) is 7.28. The van der Waals surface area contributed by atoms with Crippen LogP contribution in [0.1, 0.15) is 0 Å². The first-order valence-corrected chi connectivity index (χ1v) is 9.87. The third-order valence-electron chi connectivity index (χ3n) is 4.91. The van der Waals surface area contributed by atoms with Crippen LogP contribution in [0.3, 0.4) is 0 Å². The molecule has 1 N–H and O–H groups in total. The van der Waals surface area contributed by atoms with E-state index in [1.54, 1.807) is 0 Å². The first-order valence-electron chi connectivity index (χ1n) is 9.87. The second-order valence-corrected chi connectivity index (χ2v) is 7.28. The van der Waals surface area contributed by atoms with Gasteiger partial charge in [0, 0.05) is 49.8 Å². The topological polar surface area (TPSA) is 88.4 Å². The van der Waals surface area contributed by atoms with Crippen molar-refractivity contribution in [2.24, 2.45) is 0 Å². The summed E-state index contributed by atoms with van der Waals surface area (Å²) in [5, 5.41) is 15.3. The van der Waals surface area contributed by atoms with E-state index < -0.39 is 0 Å². The summed E-state index contributed by atoms with van der Waals surface area (Å²) in [7, 11) is 3.94. The molecule has 2 aromatic carbocycles. The van der Waals surface area contributed by atoms with Crippen LogP contribution in [-0.2, 0) is 16.1 Å². The average Bonchev–Trinajstić information content (AvgIpc) is 3.23. The van der Waals surface area contributed by atoms with E-state index >= 15 is 0 Å². The molecule has 0 saturated carbocycles. The van der Waals surface area contributed by atoms with Crippen LogP contribution in [0.25, 0.3) is 11.4 Å². The van der Waals surface area contributed by atoms with Crippen molar-refractivity contribution in [2.75, 3.05) is 55.5 Å². The molecule has 0 aliphatic carbocycles. The van der Waals surface area contributed by atoms with Gasteiger partial charge < -0.3 is 19.9 Å². The summed E-state index contributed by atoms with van der Waals surface area (Å²) in [6.07, 6.45) is 0. The van der Waals surface area contributed by atoms with Crippen LogP contribution in [0, 0.1) is 0 Å². The van der Waals surface area contributed by atoms with Crippen LogP contribution >= 0.6 is 0 Å². The number of amides is 1. The van der Waals surface area contributed by atoms with Gasteiger partial charge in [0.05, 0.1) is 13.2 Å². The Kier molecular flexibility index (Phi) is 5.89. The van der Waals surface area contributed by atoms with Gasteiger partial charge in [0.25, 0.3) is 0 Å². The summed E-state index contributed by atoms with van der Waals surface area (Å²) in [6.45, 7) is 3.27. The van der Waals surface area contributed by atoms with E-state index in [1.807, 2.05) is 67.5 Å². The second kappa shape index (κ2) is 8.91. The molecule has 0 bridgehead atoms. The lowest BCUT2D eigenvalue weighted by Gasteiger charge is -2.28. The van der Waals surface area contributed by atoms with Gasteiger partial charge in [-0.25, -0.2) is 0 Å². The third kappa shape index (κ3) is 4.74. The predicted octanol–water partition coefficient (Wildman–Crippen LogP) is 1.88. The number of anilines is 3. The molecule has 0 radical (unpaired) electrons. The Balaban J connectivity index is 1.36. The molecule has 1 amide bonds. The Labute approximate surface area is 175 Å². The van der Waals surface area contributed by atoms with Crippen molar-refractivity contribution in [1.29, 1.82) is 0 Å². The number of ether oxygens (including phenoxy) is 1. The highest BCUT2D eigenvalue weighted by Gasteiger charge is 2.13. The number of benzene rings is 2. The van der Waals surface area contributed by atoms with E-state index in [4.69, 9.17) is 4.74 Å². The fourth-order valence-corrected chi connectivity index (χ4v) is 3.24. The molecule has 0 atom stereocenters. The Bertz CT molecular complexity index is 977. The van der Waals surface area contributed by atoms with Crippen LogP contribution < -0.4 is 15.1 Å². The summed E-state index contributed by atoms with van der Waals surface area (Å²) in [5.41, 5.74) is 3.80. The number of hydrogen-bond donors (Lipinski definition) is 1. The molecule has 3 aromatic rings. The number of carbonyl (C=O) groups excluding carboxylic acids is 1. The van der Waals surface area contributed by atoms with Crippen LogP contribution in [-0.4, -0.2) is 66.5 Å². The van der Waals surface area contributed by atoms with Gasteiger partial charge in [0.1, 0.15) is 6.54 Å². The van der Waals surface area contributed by atoms with Gasteiger partial charge in [0.15, 0.2) is 0 Å². The molecule has 1 saturated heterocycles. The van der Waals surface area contributed by atoms with Crippen molar-refractivity contribution < 1.29 is 9.53 Å². The quantitative estimate of drug-likeness (QED) is 0.667. The first kappa shape index (κ1) is 19.8. The summed E-state index contributed by atoms with van der Waals surface area (Å²) in [6, 6.07) is 15.7. The molecule has 1 aliphatic heterocycles. The zero-order valence-corrected chi connectivity index (χ0v) is 17.2. The van der Waals surface area contributed by atoms with Crippen LogP contribution in [0.15, 0.2) is 48.5 Å². The van der Waals surface area contributed by atoms with Gasteiger partial charge in [0.2, 0.25) is 11.7 Å². The number of nitrogens with one attached hydrogen (secondary N) is 1. The molecule has 9 nitrogen and oxygen atoms in total. The van der Waals surface area contributed by atoms with E-state index in [9.17, 15) is 4.79 Å². The highest BCUT2D eigenvalue weighted by Crippen LogP contribution is 2.21. The number of hydrogen-bond acceptors (Lipinski definition) is 7. The number of aromatic nitrogens is 4. The van der Waals surface area contributed by atoms with Gasteiger partial charge >= 0.3 is 0 Å². The molecular weight excluding hydrogens is 382 g/mol. The van der Waals surface area contributed by atoms with Gasteiger partial charge in [-0.3, -0.25) is 4.79 Å². The predicted molar refractivity (Wildman–Crippen MR) is 116 cm³/mol. The zero-order chi connectivity index (χ0) is 20.9. The van der Waals surface area contributed by atoms with Gasteiger partial charge in [-0.2, -0.15) is 4.80 Å². The number of nitrogens with zero attached hydrogens (tertiary/aromatic N) is 6. The van der Waals surface area contributed by atoms with Crippen LogP contribution in [0.2, 0.25) is 0 Å². The lowest BCUT2D eigenvalue weighted by molar-refractivity contribution is -0.117. The monoisotopic (exact) mass is 407 g/mol. The number of rotatable bonds is 6. The Morgan fingerprint density at radius 3 is 2.43 bits per heavy atom. The average molecular weight is 407 g/mol. The molecule has 9 heteroatoms. The van der Waals surface area contributed by atoms with E-state index in [0.717, 1.165) is 48.9 Å². The summed E-state index contributed by atoms with van der Waals surface area (Å²) in [5.74, 6) is 0.283. The van der Waals surface area contributed by atoms with E-state index in [1.165, 1.54) is 4.80 Å². The summed E-state index contributed by atoms with van der Waals surface area (Å²) < 4.78 is 5.39. The van der Waals surface area contributed by atoms with Crippen molar-refractivity contribution >= 4 is 23.0 Å². The zero-order valence-electron chi connectivity index (χ0n) is 17.2. The SMILES string of the molecule is CN(C)c1ccc(NC(=O)Cn2nnc(-c3ccc(N4CCOCC4)cc3)n2)cc1. The molecule has 0 unspecified atom stereocenters. The van der Waals surface area contributed by atoms with Crippen molar-refractivity contribution in [3.63, 3.8) is 0 Å². The normalized spacial score (nSPS) is 13.9. The molecule has 1 aliphatic rings. The van der Waals surface area contributed by atoms with E-state index in [0.29, 0.717) is 5.82 Å². The molecule has 1 fully saturated rings.